The first-order valence-corrected chi connectivity index (χ1v) is 11.6. The van der Waals surface area contributed by atoms with E-state index in [0.29, 0.717) is 11.3 Å². The van der Waals surface area contributed by atoms with Gasteiger partial charge in [-0.1, -0.05) is 18.2 Å². The van der Waals surface area contributed by atoms with Crippen molar-refractivity contribution in [3.05, 3.63) is 59.7 Å². The Bertz CT molecular complexity index is 1020. The van der Waals surface area contributed by atoms with E-state index in [9.17, 15) is 18.0 Å². The number of sulfonamides is 1. The van der Waals surface area contributed by atoms with E-state index < -0.39 is 15.9 Å². The minimum absolute atomic E-state index is 0.197. The Kier molecular flexibility index (Phi) is 8.04. The lowest BCUT2D eigenvalue weighted by Crippen LogP contribution is -2.44. The van der Waals surface area contributed by atoms with E-state index in [4.69, 9.17) is 4.74 Å². The van der Waals surface area contributed by atoms with Crippen LogP contribution in [0, 0.1) is 6.92 Å². The van der Waals surface area contributed by atoms with Crippen LogP contribution in [0.1, 0.15) is 22.8 Å². The predicted molar refractivity (Wildman–Crippen MR) is 121 cm³/mol. The SMILES string of the molecule is Cc1ccccc1OCC(C)NC(=O)CN(c1ccc(C(=O)N(C)C)cc1)S(C)(=O)=O. The van der Waals surface area contributed by atoms with Gasteiger partial charge in [0.1, 0.15) is 18.9 Å². The second-order valence-corrected chi connectivity index (χ2v) is 9.47. The van der Waals surface area contributed by atoms with E-state index in [1.165, 1.54) is 29.2 Å². The molecule has 2 rings (SSSR count). The second kappa shape index (κ2) is 10.3. The first-order valence-electron chi connectivity index (χ1n) is 9.76. The highest BCUT2D eigenvalue weighted by atomic mass is 32.2. The summed E-state index contributed by atoms with van der Waals surface area (Å²) in [6.45, 7) is 3.58. The number of ether oxygens (including phenoxy) is 1. The van der Waals surface area contributed by atoms with Crippen molar-refractivity contribution >= 4 is 27.5 Å². The molecule has 31 heavy (non-hydrogen) atoms. The molecular weight excluding hydrogens is 418 g/mol. The van der Waals surface area contributed by atoms with E-state index in [0.717, 1.165) is 21.9 Å². The quantitative estimate of drug-likeness (QED) is 0.635. The van der Waals surface area contributed by atoms with Crippen LogP contribution in [-0.4, -0.2) is 64.7 Å². The number of amides is 2. The molecule has 9 heteroatoms. The molecule has 0 aliphatic rings. The summed E-state index contributed by atoms with van der Waals surface area (Å²) in [6, 6.07) is 13.3. The number of anilines is 1. The molecule has 2 aromatic carbocycles. The fraction of sp³-hybridized carbons (Fsp3) is 0.364. The van der Waals surface area contributed by atoms with E-state index in [-0.39, 0.29) is 25.1 Å². The standard InChI is InChI=1S/C22H29N3O5S/c1-16-8-6-7-9-20(16)30-15-17(2)23-21(26)14-25(31(5,28)29)19-12-10-18(11-13-19)22(27)24(3)4/h6-13,17H,14-15H2,1-5H3,(H,23,26). The van der Waals surface area contributed by atoms with Gasteiger partial charge in [-0.2, -0.15) is 0 Å². The molecule has 2 amide bonds. The van der Waals surface area contributed by atoms with Crippen molar-refractivity contribution in [3.63, 3.8) is 0 Å². The van der Waals surface area contributed by atoms with Gasteiger partial charge in [-0.15, -0.1) is 0 Å². The Hall–Kier alpha value is -3.07. The highest BCUT2D eigenvalue weighted by Crippen LogP contribution is 2.19. The summed E-state index contributed by atoms with van der Waals surface area (Å²) in [6.07, 6.45) is 1.03. The topological polar surface area (TPSA) is 96.0 Å². The average Bonchev–Trinajstić information content (AvgIpc) is 2.70. The van der Waals surface area contributed by atoms with Gasteiger partial charge < -0.3 is 15.0 Å². The molecule has 0 bridgehead atoms. The number of benzene rings is 2. The molecule has 0 radical (unpaired) electrons. The zero-order valence-electron chi connectivity index (χ0n) is 18.5. The fourth-order valence-corrected chi connectivity index (χ4v) is 3.71. The molecule has 8 nitrogen and oxygen atoms in total. The summed E-state index contributed by atoms with van der Waals surface area (Å²) in [7, 11) is -0.449. The number of carbonyl (C=O) groups excluding carboxylic acids is 2. The number of carbonyl (C=O) groups is 2. The summed E-state index contributed by atoms with van der Waals surface area (Å²) < 4.78 is 31.3. The minimum atomic E-state index is -3.71. The molecule has 0 saturated carbocycles. The largest absolute Gasteiger partial charge is 0.491 e. The zero-order chi connectivity index (χ0) is 23.2. The van der Waals surface area contributed by atoms with Crippen LogP contribution < -0.4 is 14.4 Å². The van der Waals surface area contributed by atoms with Gasteiger partial charge in [0, 0.05) is 19.7 Å². The number of rotatable bonds is 9. The molecule has 1 unspecified atom stereocenters. The highest BCUT2D eigenvalue weighted by molar-refractivity contribution is 7.92. The Morgan fingerprint density at radius 3 is 2.23 bits per heavy atom. The fourth-order valence-electron chi connectivity index (χ4n) is 2.85. The van der Waals surface area contributed by atoms with Crippen molar-refractivity contribution in [2.45, 2.75) is 19.9 Å². The Balaban J connectivity index is 2.03. The van der Waals surface area contributed by atoms with E-state index in [1.54, 1.807) is 21.0 Å². The lowest BCUT2D eigenvalue weighted by Gasteiger charge is -2.23. The van der Waals surface area contributed by atoms with Gasteiger partial charge in [0.05, 0.1) is 18.0 Å². The molecule has 0 aliphatic heterocycles. The van der Waals surface area contributed by atoms with Crippen LogP contribution in [-0.2, 0) is 14.8 Å². The minimum Gasteiger partial charge on any atom is -0.491 e. The Morgan fingerprint density at radius 2 is 1.68 bits per heavy atom. The average molecular weight is 448 g/mol. The van der Waals surface area contributed by atoms with Crippen molar-refractivity contribution in [1.29, 1.82) is 0 Å². The molecule has 0 aliphatic carbocycles. The summed E-state index contributed by atoms with van der Waals surface area (Å²) in [4.78, 5) is 25.9. The van der Waals surface area contributed by atoms with Crippen molar-refractivity contribution in [2.75, 3.05) is 37.8 Å². The maximum absolute atomic E-state index is 12.5. The molecule has 0 saturated heterocycles. The Morgan fingerprint density at radius 1 is 1.06 bits per heavy atom. The number of para-hydroxylation sites is 1. The van der Waals surface area contributed by atoms with Crippen LogP contribution in [0.3, 0.4) is 0 Å². The van der Waals surface area contributed by atoms with Crippen molar-refractivity contribution < 1.29 is 22.7 Å². The number of nitrogens with zero attached hydrogens (tertiary/aromatic N) is 2. The third kappa shape index (κ3) is 6.99. The van der Waals surface area contributed by atoms with Gasteiger partial charge in [-0.25, -0.2) is 8.42 Å². The summed E-state index contributed by atoms with van der Waals surface area (Å²) in [5.74, 6) is 0.0751. The van der Waals surface area contributed by atoms with Gasteiger partial charge in [0.25, 0.3) is 5.91 Å². The van der Waals surface area contributed by atoms with E-state index in [1.807, 2.05) is 31.2 Å². The van der Waals surface area contributed by atoms with Gasteiger partial charge in [0.2, 0.25) is 15.9 Å². The summed E-state index contributed by atoms with van der Waals surface area (Å²) >= 11 is 0. The van der Waals surface area contributed by atoms with Crippen LogP contribution >= 0.6 is 0 Å². The molecular formula is C22H29N3O5S. The van der Waals surface area contributed by atoms with Crippen LogP contribution in [0.4, 0.5) is 5.69 Å². The Labute approximate surface area is 183 Å². The van der Waals surface area contributed by atoms with Gasteiger partial charge in [-0.3, -0.25) is 13.9 Å². The molecule has 0 fully saturated rings. The van der Waals surface area contributed by atoms with Crippen LogP contribution in [0.15, 0.2) is 48.5 Å². The smallest absolute Gasteiger partial charge is 0.253 e. The van der Waals surface area contributed by atoms with Crippen molar-refractivity contribution in [2.24, 2.45) is 0 Å². The predicted octanol–water partition coefficient (Wildman–Crippen LogP) is 2.05. The molecule has 168 valence electrons. The molecule has 1 atom stereocenters. The molecule has 0 aromatic heterocycles. The third-order valence-electron chi connectivity index (χ3n) is 4.49. The van der Waals surface area contributed by atoms with Gasteiger partial charge in [0.15, 0.2) is 0 Å². The monoisotopic (exact) mass is 447 g/mol. The zero-order valence-corrected chi connectivity index (χ0v) is 19.3. The van der Waals surface area contributed by atoms with E-state index in [2.05, 4.69) is 5.32 Å². The summed E-state index contributed by atoms with van der Waals surface area (Å²) in [5.41, 5.74) is 1.71. The number of nitrogens with one attached hydrogen (secondary N) is 1. The number of hydrogen-bond donors (Lipinski definition) is 1. The lowest BCUT2D eigenvalue weighted by molar-refractivity contribution is -0.120. The lowest BCUT2D eigenvalue weighted by atomic mass is 10.2. The normalized spacial score (nSPS) is 12.0. The van der Waals surface area contributed by atoms with Crippen LogP contribution in [0.2, 0.25) is 0 Å². The second-order valence-electron chi connectivity index (χ2n) is 7.56. The number of hydrogen-bond acceptors (Lipinski definition) is 5. The maximum atomic E-state index is 12.5. The van der Waals surface area contributed by atoms with E-state index >= 15 is 0 Å². The highest BCUT2D eigenvalue weighted by Gasteiger charge is 2.22. The molecule has 0 spiro atoms. The van der Waals surface area contributed by atoms with Crippen molar-refractivity contribution in [1.82, 2.24) is 10.2 Å². The number of aryl methyl sites for hydroxylation is 1. The van der Waals surface area contributed by atoms with Crippen LogP contribution in [0.5, 0.6) is 5.75 Å². The molecule has 1 N–H and O–H groups in total. The third-order valence-corrected chi connectivity index (χ3v) is 5.63. The molecule has 0 heterocycles. The maximum Gasteiger partial charge on any atom is 0.253 e. The molecule has 2 aromatic rings. The first-order chi connectivity index (χ1) is 14.5. The van der Waals surface area contributed by atoms with Crippen LogP contribution in [0.25, 0.3) is 0 Å². The van der Waals surface area contributed by atoms with Gasteiger partial charge >= 0.3 is 0 Å². The van der Waals surface area contributed by atoms with Gasteiger partial charge in [-0.05, 0) is 49.7 Å². The first kappa shape index (κ1) is 24.2. The van der Waals surface area contributed by atoms with Crippen molar-refractivity contribution in [3.8, 4) is 5.75 Å². The summed E-state index contributed by atoms with van der Waals surface area (Å²) in [5, 5.41) is 2.76.